The van der Waals surface area contributed by atoms with Gasteiger partial charge in [-0.1, -0.05) is 13.8 Å². The summed E-state index contributed by atoms with van der Waals surface area (Å²) in [5.41, 5.74) is 0.215. The van der Waals surface area contributed by atoms with E-state index in [2.05, 4.69) is 40.9 Å². The predicted octanol–water partition coefficient (Wildman–Crippen LogP) is 2.08. The Bertz CT molecular complexity index is 538. The summed E-state index contributed by atoms with van der Waals surface area (Å²) in [4.78, 5) is 0. The fourth-order valence-electron chi connectivity index (χ4n) is 4.70. The molecule has 1 aromatic rings. The van der Waals surface area contributed by atoms with Crippen LogP contribution in [0.1, 0.15) is 57.7 Å². The van der Waals surface area contributed by atoms with Crippen LogP contribution in [0.2, 0.25) is 0 Å². The zero-order valence-corrected chi connectivity index (χ0v) is 13.3. The van der Waals surface area contributed by atoms with E-state index in [1.54, 1.807) is 0 Å². The summed E-state index contributed by atoms with van der Waals surface area (Å²) in [5.74, 6) is 2.93. The molecule has 0 amide bonds. The second kappa shape index (κ2) is 4.78. The average molecular weight is 290 g/mol. The summed E-state index contributed by atoms with van der Waals surface area (Å²) in [6.45, 7) is 8.90. The van der Waals surface area contributed by atoms with Gasteiger partial charge in [0.15, 0.2) is 0 Å². The Morgan fingerprint density at radius 1 is 1.33 bits per heavy atom. The molecule has 0 radical (unpaired) electrons. The van der Waals surface area contributed by atoms with E-state index in [-0.39, 0.29) is 11.5 Å². The molecular formula is C16H26N4O. The number of nitrogens with zero attached hydrogens (tertiary/aromatic N) is 3. The first kappa shape index (κ1) is 13.7. The van der Waals surface area contributed by atoms with Crippen LogP contribution in [0, 0.1) is 11.3 Å². The Morgan fingerprint density at radius 2 is 2.19 bits per heavy atom. The van der Waals surface area contributed by atoms with E-state index in [1.807, 2.05) is 0 Å². The van der Waals surface area contributed by atoms with Gasteiger partial charge in [0, 0.05) is 36.9 Å². The molecule has 1 N–H and O–H groups in total. The number of hydrogen-bond acceptors (Lipinski definition) is 4. The van der Waals surface area contributed by atoms with Gasteiger partial charge in [0.05, 0.1) is 12.1 Å². The molecule has 21 heavy (non-hydrogen) atoms. The number of aryl methyl sites for hydroxylation is 1. The smallest absolute Gasteiger partial charge is 0.149 e. The molecule has 4 unspecified atom stereocenters. The maximum Gasteiger partial charge on any atom is 0.149 e. The molecule has 3 heterocycles. The lowest BCUT2D eigenvalue weighted by Crippen LogP contribution is -2.69. The molecule has 2 aliphatic heterocycles. The van der Waals surface area contributed by atoms with E-state index >= 15 is 0 Å². The van der Waals surface area contributed by atoms with Gasteiger partial charge in [-0.25, -0.2) is 0 Å². The zero-order valence-electron chi connectivity index (χ0n) is 13.3. The maximum atomic E-state index is 6.00. The highest BCUT2D eigenvalue weighted by atomic mass is 16.5. The maximum absolute atomic E-state index is 6.00. The van der Waals surface area contributed by atoms with Crippen LogP contribution in [-0.4, -0.2) is 33.5 Å². The van der Waals surface area contributed by atoms with Gasteiger partial charge in [-0.15, -0.1) is 10.2 Å². The van der Waals surface area contributed by atoms with Crippen molar-refractivity contribution in [2.45, 2.75) is 71.2 Å². The van der Waals surface area contributed by atoms with Crippen molar-refractivity contribution in [3.05, 3.63) is 11.6 Å². The lowest BCUT2D eigenvalue weighted by atomic mass is 9.55. The molecule has 4 rings (SSSR count). The minimum atomic E-state index is 0.215. The minimum absolute atomic E-state index is 0.215. The molecular weight excluding hydrogens is 264 g/mol. The van der Waals surface area contributed by atoms with Crippen molar-refractivity contribution in [3.63, 3.8) is 0 Å². The highest BCUT2D eigenvalue weighted by molar-refractivity contribution is 5.13. The Hall–Kier alpha value is -0.940. The van der Waals surface area contributed by atoms with E-state index in [9.17, 15) is 0 Å². The van der Waals surface area contributed by atoms with Crippen molar-refractivity contribution in [3.8, 4) is 0 Å². The lowest BCUT2D eigenvalue weighted by Gasteiger charge is -2.60. The molecule has 0 bridgehead atoms. The van der Waals surface area contributed by atoms with Gasteiger partial charge in [-0.2, -0.15) is 0 Å². The first-order valence-electron chi connectivity index (χ1n) is 8.38. The Balaban J connectivity index is 1.50. The van der Waals surface area contributed by atoms with Crippen LogP contribution in [0.3, 0.4) is 0 Å². The van der Waals surface area contributed by atoms with Gasteiger partial charge in [0.25, 0.3) is 0 Å². The van der Waals surface area contributed by atoms with E-state index in [4.69, 9.17) is 4.74 Å². The van der Waals surface area contributed by atoms with Crippen LogP contribution in [-0.2, 0) is 17.7 Å². The Labute approximate surface area is 126 Å². The minimum Gasteiger partial charge on any atom is -0.377 e. The number of hydrogen-bond donors (Lipinski definition) is 1. The van der Waals surface area contributed by atoms with Gasteiger partial charge >= 0.3 is 0 Å². The third kappa shape index (κ3) is 1.97. The molecule has 1 saturated carbocycles. The van der Waals surface area contributed by atoms with Gasteiger partial charge in [0.1, 0.15) is 11.6 Å². The van der Waals surface area contributed by atoms with Gasteiger partial charge in [0.2, 0.25) is 0 Å². The van der Waals surface area contributed by atoms with Crippen LogP contribution >= 0.6 is 0 Å². The largest absolute Gasteiger partial charge is 0.377 e. The van der Waals surface area contributed by atoms with Crippen molar-refractivity contribution < 1.29 is 4.74 Å². The monoisotopic (exact) mass is 290 g/mol. The summed E-state index contributed by atoms with van der Waals surface area (Å²) in [5, 5.41) is 12.6. The summed E-state index contributed by atoms with van der Waals surface area (Å²) in [7, 11) is 0. The lowest BCUT2D eigenvalue weighted by molar-refractivity contribution is -0.194. The highest BCUT2D eigenvalue weighted by Crippen LogP contribution is 2.51. The molecule has 5 heteroatoms. The molecule has 116 valence electrons. The average Bonchev–Trinajstić information content (AvgIpc) is 3.07. The second-order valence-corrected chi connectivity index (χ2v) is 7.51. The van der Waals surface area contributed by atoms with Crippen LogP contribution in [0.4, 0.5) is 0 Å². The van der Waals surface area contributed by atoms with Crippen molar-refractivity contribution in [2.24, 2.45) is 11.3 Å². The highest BCUT2D eigenvalue weighted by Gasteiger charge is 2.58. The summed E-state index contributed by atoms with van der Waals surface area (Å²) in [6.07, 6.45) is 5.20. The predicted molar refractivity (Wildman–Crippen MR) is 79.9 cm³/mol. The quantitative estimate of drug-likeness (QED) is 0.926. The Morgan fingerprint density at radius 3 is 3.05 bits per heavy atom. The molecule has 1 saturated heterocycles. The van der Waals surface area contributed by atoms with E-state index < -0.39 is 0 Å². The van der Waals surface area contributed by atoms with Crippen LogP contribution in [0.5, 0.6) is 0 Å². The molecule has 0 aromatic carbocycles. The second-order valence-electron chi connectivity index (χ2n) is 7.51. The summed E-state index contributed by atoms with van der Waals surface area (Å²) >= 11 is 0. The fourth-order valence-corrected chi connectivity index (χ4v) is 4.70. The number of fused-ring (bicyclic) bond motifs is 2. The van der Waals surface area contributed by atoms with Crippen molar-refractivity contribution >= 4 is 0 Å². The van der Waals surface area contributed by atoms with E-state index in [0.29, 0.717) is 18.1 Å². The molecule has 2 fully saturated rings. The van der Waals surface area contributed by atoms with E-state index in [1.165, 1.54) is 19.3 Å². The number of nitrogens with one attached hydrogen (secondary N) is 1. The molecule has 5 nitrogen and oxygen atoms in total. The molecule has 1 aliphatic carbocycles. The van der Waals surface area contributed by atoms with Gasteiger partial charge in [-0.3, -0.25) is 0 Å². The van der Waals surface area contributed by atoms with Gasteiger partial charge in [-0.05, 0) is 26.2 Å². The normalized spacial score (nSPS) is 34.9. The standard InChI is InChI=1S/C16H26N4O/c1-10(15-19-18-12-7-4-8-20(12)15)17-13-11-6-5-9-21-14(11)16(13,2)3/h10-11,13-14,17H,4-9H2,1-3H3. The van der Waals surface area contributed by atoms with Crippen LogP contribution < -0.4 is 5.32 Å². The Kier molecular flexibility index (Phi) is 3.12. The van der Waals surface area contributed by atoms with Crippen LogP contribution in [0.25, 0.3) is 0 Å². The van der Waals surface area contributed by atoms with Crippen molar-refractivity contribution in [1.29, 1.82) is 0 Å². The summed E-state index contributed by atoms with van der Waals surface area (Å²) < 4.78 is 8.30. The summed E-state index contributed by atoms with van der Waals surface area (Å²) in [6, 6.07) is 0.781. The molecule has 4 atom stereocenters. The zero-order chi connectivity index (χ0) is 14.6. The van der Waals surface area contributed by atoms with Crippen LogP contribution in [0.15, 0.2) is 0 Å². The van der Waals surface area contributed by atoms with Crippen molar-refractivity contribution in [2.75, 3.05) is 6.61 Å². The molecule has 1 aromatic heterocycles. The first-order valence-corrected chi connectivity index (χ1v) is 8.38. The number of ether oxygens (including phenoxy) is 1. The fraction of sp³-hybridized carbons (Fsp3) is 0.875. The number of rotatable bonds is 3. The third-order valence-corrected chi connectivity index (χ3v) is 5.79. The SMILES string of the molecule is CC(NC1C2CCCOC2C1(C)C)c1nnc2n1CCC2. The number of aromatic nitrogens is 3. The topological polar surface area (TPSA) is 52.0 Å². The third-order valence-electron chi connectivity index (χ3n) is 5.79. The van der Waals surface area contributed by atoms with E-state index in [0.717, 1.165) is 31.2 Å². The van der Waals surface area contributed by atoms with Gasteiger partial charge < -0.3 is 14.6 Å². The molecule has 3 aliphatic rings. The molecule has 0 spiro atoms. The first-order chi connectivity index (χ1) is 10.1. The van der Waals surface area contributed by atoms with Crippen molar-refractivity contribution in [1.82, 2.24) is 20.1 Å².